The lowest BCUT2D eigenvalue weighted by atomic mass is 9.99. The van der Waals surface area contributed by atoms with Crippen molar-refractivity contribution in [1.29, 1.82) is 0 Å². The molecule has 0 aromatic heterocycles. The molecule has 0 bridgehead atoms. The Morgan fingerprint density at radius 2 is 1.16 bits per heavy atom. The maximum absolute atomic E-state index is 14.0. The number of hydrogen-bond acceptors (Lipinski definition) is 11. The summed E-state index contributed by atoms with van der Waals surface area (Å²) in [5.41, 5.74) is 11.5. The first-order chi connectivity index (χ1) is 29.4. The van der Waals surface area contributed by atoms with Crippen LogP contribution in [0.2, 0.25) is 0 Å². The summed E-state index contributed by atoms with van der Waals surface area (Å²) in [6, 6.07) is -1.92. The van der Waals surface area contributed by atoms with Crippen molar-refractivity contribution >= 4 is 59.2 Å². The van der Waals surface area contributed by atoms with E-state index in [9.17, 15) is 58.2 Å². The Morgan fingerprint density at radius 3 is 1.67 bits per heavy atom. The number of benzene rings is 1. The van der Waals surface area contributed by atoms with Crippen LogP contribution in [0.4, 0.5) is 0 Å². The summed E-state index contributed by atoms with van der Waals surface area (Å²) in [6.07, 6.45) is -0.715. The fourth-order valence-corrected chi connectivity index (χ4v) is 6.91. The molecule has 1 aromatic carbocycles. The number of likely N-dealkylation sites (tertiary alicyclic amines) is 1. The molecule has 1 aromatic rings. The van der Waals surface area contributed by atoms with E-state index in [1.165, 1.54) is 6.92 Å². The van der Waals surface area contributed by atoms with Crippen LogP contribution in [0.1, 0.15) is 92.6 Å². The molecular weight excluding hydrogens is 823 g/mol. The zero-order valence-electron chi connectivity index (χ0n) is 37.0. The van der Waals surface area contributed by atoms with Gasteiger partial charge in [-0.05, 0) is 55.9 Å². The van der Waals surface area contributed by atoms with E-state index in [1.807, 2.05) is 0 Å². The van der Waals surface area contributed by atoms with Crippen molar-refractivity contribution in [3.05, 3.63) is 35.9 Å². The average molecular weight is 888 g/mol. The Bertz CT molecular complexity index is 1810. The van der Waals surface area contributed by atoms with E-state index in [4.69, 9.17) is 11.5 Å². The first-order valence-corrected chi connectivity index (χ1v) is 21.1. The number of carbonyl (C=O) groups excluding carboxylic acids is 8. The third-order valence-electron chi connectivity index (χ3n) is 10.2. The zero-order valence-corrected chi connectivity index (χ0v) is 37.0. The van der Waals surface area contributed by atoms with Crippen LogP contribution in [0.15, 0.2) is 30.3 Å². The minimum absolute atomic E-state index is 0.0447. The van der Waals surface area contributed by atoms with Crippen molar-refractivity contribution < 1.29 is 58.2 Å². The van der Waals surface area contributed by atoms with Gasteiger partial charge in [0.05, 0.1) is 18.9 Å². The molecule has 12 N–H and O–H groups in total. The predicted molar refractivity (Wildman–Crippen MR) is 228 cm³/mol. The van der Waals surface area contributed by atoms with Crippen LogP contribution in [0.3, 0.4) is 0 Å². The molecule has 0 radical (unpaired) electrons. The fourth-order valence-electron chi connectivity index (χ4n) is 6.91. The summed E-state index contributed by atoms with van der Waals surface area (Å²) in [6.45, 7) is 11.9. The number of rotatable bonds is 25. The number of nitrogens with zero attached hydrogens (tertiary/aromatic N) is 1. The third kappa shape index (κ3) is 17.6. The Hall–Kier alpha value is -6.12. The highest BCUT2D eigenvalue weighted by Crippen LogP contribution is 2.20. The van der Waals surface area contributed by atoms with Crippen LogP contribution in [0.5, 0.6) is 0 Å². The number of nitrogens with one attached hydrogen (secondary N) is 6. The lowest BCUT2D eigenvalue weighted by Gasteiger charge is -2.29. The molecule has 0 saturated carbocycles. The van der Waals surface area contributed by atoms with Crippen LogP contribution in [-0.2, 0) is 54.4 Å². The van der Waals surface area contributed by atoms with E-state index >= 15 is 0 Å². The van der Waals surface area contributed by atoms with Crippen LogP contribution >= 0.6 is 0 Å². The zero-order chi connectivity index (χ0) is 47.7. The molecule has 1 fully saturated rings. The van der Waals surface area contributed by atoms with Gasteiger partial charge in [-0.3, -0.25) is 43.2 Å². The van der Waals surface area contributed by atoms with Gasteiger partial charge in [0.2, 0.25) is 47.3 Å². The maximum Gasteiger partial charge on any atom is 0.326 e. The van der Waals surface area contributed by atoms with Gasteiger partial charge >= 0.3 is 11.9 Å². The van der Waals surface area contributed by atoms with E-state index in [2.05, 4.69) is 31.9 Å². The number of hydrogen-bond donors (Lipinski definition) is 10. The quantitative estimate of drug-likeness (QED) is 0.0544. The molecule has 2 rings (SSSR count). The fraction of sp³-hybridized carbons (Fsp3) is 0.619. The Labute approximate surface area is 367 Å². The summed E-state index contributed by atoms with van der Waals surface area (Å²) in [4.78, 5) is 131. The lowest BCUT2D eigenvalue weighted by Crippen LogP contribution is -2.60. The van der Waals surface area contributed by atoms with Crippen molar-refractivity contribution in [2.24, 2.45) is 29.2 Å². The lowest BCUT2D eigenvalue weighted by molar-refractivity contribution is -0.150. The molecule has 1 aliphatic heterocycles. The van der Waals surface area contributed by atoms with Gasteiger partial charge in [0.1, 0.15) is 42.3 Å². The number of nitrogens with two attached hydrogens (primary N) is 2. The average Bonchev–Trinajstić information content (AvgIpc) is 3.68. The molecule has 0 unspecified atom stereocenters. The van der Waals surface area contributed by atoms with Gasteiger partial charge in [-0.1, -0.05) is 71.9 Å². The van der Waals surface area contributed by atoms with E-state index in [0.29, 0.717) is 12.0 Å². The maximum atomic E-state index is 14.0. The summed E-state index contributed by atoms with van der Waals surface area (Å²) in [5.74, 6) is -9.97. The van der Waals surface area contributed by atoms with Gasteiger partial charge in [-0.25, -0.2) is 4.79 Å². The first kappa shape index (κ1) is 53.0. The van der Waals surface area contributed by atoms with Gasteiger partial charge in [0, 0.05) is 13.0 Å². The molecule has 1 aliphatic rings. The van der Waals surface area contributed by atoms with Crippen LogP contribution in [0, 0.1) is 17.8 Å². The number of carbonyl (C=O) groups is 10. The minimum Gasteiger partial charge on any atom is -0.481 e. The van der Waals surface area contributed by atoms with Crippen molar-refractivity contribution in [3.63, 3.8) is 0 Å². The number of aliphatic carboxylic acids is 2. The molecule has 21 nitrogen and oxygen atoms in total. The van der Waals surface area contributed by atoms with E-state index in [1.54, 1.807) is 71.9 Å². The van der Waals surface area contributed by atoms with Crippen LogP contribution < -0.4 is 43.4 Å². The van der Waals surface area contributed by atoms with Gasteiger partial charge in [-0.15, -0.1) is 0 Å². The summed E-state index contributed by atoms with van der Waals surface area (Å²) >= 11 is 0. The van der Waals surface area contributed by atoms with E-state index < -0.39 is 126 Å². The topological polar surface area (TPSA) is 339 Å². The Balaban J connectivity index is 2.30. The highest BCUT2D eigenvalue weighted by molar-refractivity contribution is 5.98. The summed E-state index contributed by atoms with van der Waals surface area (Å²) in [7, 11) is 0. The first-order valence-electron chi connectivity index (χ1n) is 21.1. The standard InChI is InChI=1S/C42H65N9O12/c1-21(2)16-27(48-40(60)34(23(5)6)50-36(56)26(43)19-32(44)52)37(57)45-24(7)35(55)46-28(17-22(3)4)38(58)47-29(18-25-12-9-8-10-13-25)39(59)49-30(20-33(53)54)41(61)51-15-11-14-31(51)42(62)63/h8-10,12-13,21-24,26-31,34H,11,14-20,43H2,1-7H3,(H2,44,52)(H,45,57)(H,46,55)(H,47,58)(H,48,60)(H,49,59)(H,50,56)(H,53,54)(H,62,63)/t24-,26-,27-,28-,29-,30-,31-,34-/m0/s1. The van der Waals surface area contributed by atoms with Crippen molar-refractivity contribution in [2.45, 2.75) is 142 Å². The molecule has 0 spiro atoms. The van der Waals surface area contributed by atoms with Crippen molar-refractivity contribution in [2.75, 3.05) is 6.54 Å². The number of primary amides is 1. The SMILES string of the molecule is CC(C)C[C@H](NC(=O)[C@H](C)NC(=O)[C@H](CC(C)C)NC(=O)[C@@H](NC(=O)[C@@H](N)CC(N)=O)C(C)C)C(=O)N[C@@H](Cc1ccccc1)C(=O)N[C@@H](CC(=O)O)C(=O)N1CCC[C@H]1C(=O)O. The largest absolute Gasteiger partial charge is 0.481 e. The third-order valence-corrected chi connectivity index (χ3v) is 10.2. The number of carboxylic acid groups (broad SMARTS) is 2. The van der Waals surface area contributed by atoms with Crippen molar-refractivity contribution in [3.8, 4) is 0 Å². The normalized spacial score (nSPS) is 17.0. The number of amides is 8. The van der Waals surface area contributed by atoms with E-state index in [-0.39, 0.29) is 44.1 Å². The number of carboxylic acids is 2. The highest BCUT2D eigenvalue weighted by atomic mass is 16.4. The molecule has 21 heteroatoms. The molecule has 8 atom stereocenters. The minimum atomic E-state index is -1.66. The van der Waals surface area contributed by atoms with Gasteiger partial charge in [0.25, 0.3) is 0 Å². The summed E-state index contributed by atoms with van der Waals surface area (Å²) in [5, 5.41) is 34.6. The van der Waals surface area contributed by atoms with Crippen molar-refractivity contribution in [1.82, 2.24) is 36.8 Å². The second-order valence-electron chi connectivity index (χ2n) is 17.1. The van der Waals surface area contributed by atoms with Gasteiger partial charge < -0.3 is 58.5 Å². The Morgan fingerprint density at radius 1 is 0.651 bits per heavy atom. The second kappa shape index (κ2) is 25.1. The molecule has 1 saturated heterocycles. The van der Waals surface area contributed by atoms with E-state index in [0.717, 1.165) is 4.90 Å². The smallest absolute Gasteiger partial charge is 0.326 e. The molecule has 8 amide bonds. The molecule has 350 valence electrons. The second-order valence-corrected chi connectivity index (χ2v) is 17.1. The molecule has 63 heavy (non-hydrogen) atoms. The van der Waals surface area contributed by atoms with Crippen LogP contribution in [-0.4, -0.2) is 129 Å². The van der Waals surface area contributed by atoms with Gasteiger partial charge in [-0.2, -0.15) is 0 Å². The molecule has 1 heterocycles. The highest BCUT2D eigenvalue weighted by Gasteiger charge is 2.40. The predicted octanol–water partition coefficient (Wildman–Crippen LogP) is -1.34. The monoisotopic (exact) mass is 887 g/mol. The molecule has 0 aliphatic carbocycles. The van der Waals surface area contributed by atoms with Gasteiger partial charge in [0.15, 0.2) is 0 Å². The van der Waals surface area contributed by atoms with Crippen LogP contribution in [0.25, 0.3) is 0 Å². The molecular formula is C42H65N9O12. The summed E-state index contributed by atoms with van der Waals surface area (Å²) < 4.78 is 0. The Kier molecular flexibility index (Phi) is 21.1.